The molecule has 0 spiro atoms. The number of carbonyl (C=O) groups is 1. The molecule has 11 heteroatoms. The summed E-state index contributed by atoms with van der Waals surface area (Å²) in [5, 5.41) is 12.7. The van der Waals surface area contributed by atoms with Crippen LogP contribution in [-0.2, 0) is 22.6 Å². The molecule has 2 aromatic heterocycles. The van der Waals surface area contributed by atoms with Gasteiger partial charge >= 0.3 is 5.69 Å². The standard InChI is InChI=1S/C46H44N6O5/c53-29-30-13-15-32(16-14-30)43-25-36(28-51-23-21-35(22-24-51)52-42-12-6-5-11-40(42)50-46(52)55)56-45(57-43)33-19-17-31(18-20-33)37-8-2-1-7-34(37)26-48-44(54)41-27-47-38-9-3-4-10-39(38)49-41/h1-20,27,35-36,43,45,53H,21-26,28-29H2,(H,48,54)(H,50,55). The van der Waals surface area contributed by atoms with Gasteiger partial charge in [-0.2, -0.15) is 0 Å². The van der Waals surface area contributed by atoms with Gasteiger partial charge in [-0.05, 0) is 64.9 Å². The number of benzene rings is 5. The van der Waals surface area contributed by atoms with Gasteiger partial charge in [-0.1, -0.05) is 97.1 Å². The van der Waals surface area contributed by atoms with Crippen molar-refractivity contribution < 1.29 is 19.4 Å². The number of para-hydroxylation sites is 4. The van der Waals surface area contributed by atoms with Crippen molar-refractivity contribution in [3.63, 3.8) is 0 Å². The van der Waals surface area contributed by atoms with Gasteiger partial charge in [0.2, 0.25) is 0 Å². The molecule has 3 atom stereocenters. The zero-order valence-electron chi connectivity index (χ0n) is 31.5. The van der Waals surface area contributed by atoms with E-state index in [9.17, 15) is 14.7 Å². The number of hydrogen-bond acceptors (Lipinski definition) is 8. The summed E-state index contributed by atoms with van der Waals surface area (Å²) in [7, 11) is 0. The Hall–Kier alpha value is -5.98. The number of nitrogens with zero attached hydrogens (tertiary/aromatic N) is 4. The summed E-state index contributed by atoms with van der Waals surface area (Å²) in [5.41, 5.74) is 9.29. The van der Waals surface area contributed by atoms with E-state index in [1.807, 2.05) is 95.6 Å². The highest BCUT2D eigenvalue weighted by Crippen LogP contribution is 2.39. The van der Waals surface area contributed by atoms with Gasteiger partial charge in [-0.15, -0.1) is 0 Å². The lowest BCUT2D eigenvalue weighted by Crippen LogP contribution is -2.43. The number of hydrogen-bond donors (Lipinski definition) is 3. The van der Waals surface area contributed by atoms with Crippen LogP contribution in [0.15, 0.2) is 132 Å². The topological polar surface area (TPSA) is 135 Å². The lowest BCUT2D eigenvalue weighted by atomic mass is 9.97. The second-order valence-corrected chi connectivity index (χ2v) is 14.9. The average molecular weight is 761 g/mol. The Labute approximate surface area is 329 Å². The van der Waals surface area contributed by atoms with Crippen LogP contribution in [0.4, 0.5) is 0 Å². The summed E-state index contributed by atoms with van der Waals surface area (Å²) in [5.74, 6) is -0.283. The number of carbonyl (C=O) groups excluding carboxylic acids is 1. The second-order valence-electron chi connectivity index (χ2n) is 14.9. The maximum Gasteiger partial charge on any atom is 0.326 e. The number of rotatable bonds is 10. The van der Waals surface area contributed by atoms with E-state index in [0.29, 0.717) is 18.5 Å². The molecular weight excluding hydrogens is 717 g/mol. The van der Waals surface area contributed by atoms with Crippen molar-refractivity contribution in [3.8, 4) is 11.1 Å². The van der Waals surface area contributed by atoms with Crippen molar-refractivity contribution >= 4 is 28.0 Å². The molecule has 4 heterocycles. The maximum absolute atomic E-state index is 13.1. The minimum atomic E-state index is -0.583. The number of aliphatic hydroxyl groups is 1. The number of aromatic amines is 1. The first-order valence-electron chi connectivity index (χ1n) is 19.6. The Bertz CT molecular complexity index is 2560. The maximum atomic E-state index is 13.1. The van der Waals surface area contributed by atoms with E-state index in [0.717, 1.165) is 82.4 Å². The minimum absolute atomic E-state index is 0.0121. The van der Waals surface area contributed by atoms with Gasteiger partial charge in [0.25, 0.3) is 5.91 Å². The highest BCUT2D eigenvalue weighted by atomic mass is 16.7. The summed E-state index contributed by atoms with van der Waals surface area (Å²) in [6, 6.07) is 39.8. The van der Waals surface area contributed by atoms with Gasteiger partial charge in [0, 0.05) is 44.2 Å². The van der Waals surface area contributed by atoms with Gasteiger partial charge < -0.3 is 29.8 Å². The van der Waals surface area contributed by atoms with Crippen LogP contribution >= 0.6 is 0 Å². The largest absolute Gasteiger partial charge is 0.392 e. The normalized spacial score (nSPS) is 19.2. The van der Waals surface area contributed by atoms with E-state index >= 15 is 0 Å². The fourth-order valence-electron chi connectivity index (χ4n) is 8.23. The van der Waals surface area contributed by atoms with Crippen molar-refractivity contribution in [2.45, 2.75) is 57.0 Å². The number of H-pyrrole nitrogens is 1. The molecule has 2 aliphatic rings. The van der Waals surface area contributed by atoms with Crippen LogP contribution in [0.3, 0.4) is 0 Å². The Morgan fingerprint density at radius 2 is 1.54 bits per heavy atom. The van der Waals surface area contributed by atoms with Crippen molar-refractivity contribution in [1.29, 1.82) is 0 Å². The molecule has 2 saturated heterocycles. The van der Waals surface area contributed by atoms with Gasteiger partial charge in [-0.25, -0.2) is 9.78 Å². The third-order valence-electron chi connectivity index (χ3n) is 11.3. The summed E-state index contributed by atoms with van der Waals surface area (Å²) in [6.45, 7) is 2.79. The first kappa shape index (κ1) is 36.6. The summed E-state index contributed by atoms with van der Waals surface area (Å²) >= 11 is 0. The first-order chi connectivity index (χ1) is 28.0. The van der Waals surface area contributed by atoms with Crippen molar-refractivity contribution in [2.75, 3.05) is 19.6 Å². The van der Waals surface area contributed by atoms with Gasteiger partial charge in [0.1, 0.15) is 5.69 Å². The summed E-state index contributed by atoms with van der Waals surface area (Å²) < 4.78 is 15.3. The van der Waals surface area contributed by atoms with Crippen LogP contribution in [0, 0.1) is 0 Å². The number of fused-ring (bicyclic) bond motifs is 2. The fourth-order valence-corrected chi connectivity index (χ4v) is 8.23. The highest BCUT2D eigenvalue weighted by Gasteiger charge is 2.34. The number of likely N-dealkylation sites (tertiary alicyclic amines) is 1. The first-order valence-corrected chi connectivity index (χ1v) is 19.6. The number of amides is 1. The minimum Gasteiger partial charge on any atom is -0.392 e. The molecule has 11 nitrogen and oxygen atoms in total. The van der Waals surface area contributed by atoms with E-state index < -0.39 is 6.29 Å². The fraction of sp³-hybridized carbons (Fsp3) is 0.261. The lowest BCUT2D eigenvalue weighted by molar-refractivity contribution is -0.253. The molecule has 57 heavy (non-hydrogen) atoms. The number of nitrogens with one attached hydrogen (secondary N) is 2. The molecule has 5 aromatic carbocycles. The molecule has 3 unspecified atom stereocenters. The zero-order valence-corrected chi connectivity index (χ0v) is 31.5. The number of aliphatic hydroxyl groups excluding tert-OH is 1. The monoisotopic (exact) mass is 760 g/mol. The predicted octanol–water partition coefficient (Wildman–Crippen LogP) is 7.24. The van der Waals surface area contributed by atoms with Crippen molar-refractivity contribution in [2.24, 2.45) is 0 Å². The summed E-state index contributed by atoms with van der Waals surface area (Å²) in [6.07, 6.45) is 3.10. The number of ether oxygens (including phenoxy) is 2. The molecule has 0 bridgehead atoms. The zero-order chi connectivity index (χ0) is 38.7. The number of piperidine rings is 1. The molecule has 0 saturated carbocycles. The lowest BCUT2D eigenvalue weighted by Gasteiger charge is -2.40. The van der Waals surface area contributed by atoms with E-state index in [2.05, 4.69) is 55.5 Å². The molecular formula is C46H44N6O5. The molecule has 1 amide bonds. The van der Waals surface area contributed by atoms with Crippen molar-refractivity contribution in [3.05, 3.63) is 166 Å². The molecule has 9 rings (SSSR count). The molecule has 7 aromatic rings. The molecule has 288 valence electrons. The van der Waals surface area contributed by atoms with Crippen molar-refractivity contribution in [1.82, 2.24) is 29.7 Å². The third kappa shape index (κ3) is 7.88. The quantitative estimate of drug-likeness (QED) is 0.133. The van der Waals surface area contributed by atoms with Gasteiger partial charge in [0.05, 0.1) is 47.1 Å². The predicted molar refractivity (Wildman–Crippen MR) is 218 cm³/mol. The number of imidazole rings is 1. The molecule has 0 radical (unpaired) electrons. The Morgan fingerprint density at radius 3 is 2.35 bits per heavy atom. The number of aromatic nitrogens is 4. The summed E-state index contributed by atoms with van der Waals surface area (Å²) in [4.78, 5) is 40.3. The van der Waals surface area contributed by atoms with Crippen LogP contribution in [-0.4, -0.2) is 61.2 Å². The van der Waals surface area contributed by atoms with Crippen LogP contribution in [0.2, 0.25) is 0 Å². The van der Waals surface area contributed by atoms with Gasteiger partial charge in [-0.3, -0.25) is 14.3 Å². The van der Waals surface area contributed by atoms with Gasteiger partial charge in [0.15, 0.2) is 6.29 Å². The van der Waals surface area contributed by atoms with Crippen LogP contribution in [0.25, 0.3) is 33.2 Å². The Kier molecular flexibility index (Phi) is 10.4. The molecule has 2 aliphatic heterocycles. The Morgan fingerprint density at radius 1 is 0.825 bits per heavy atom. The van der Waals surface area contributed by atoms with E-state index in [1.165, 1.54) is 6.20 Å². The molecule has 2 fully saturated rings. The van der Waals surface area contributed by atoms with Crippen LogP contribution in [0.5, 0.6) is 0 Å². The SMILES string of the molecule is O=C(NCc1ccccc1-c1ccc(C2OC(CN3CCC(n4c(=O)[nH]c5ccccc54)CC3)CC(c3ccc(CO)cc3)O2)cc1)c1cnc2ccccc2n1. The van der Waals surface area contributed by atoms with E-state index in [-0.39, 0.29) is 42.1 Å². The highest BCUT2D eigenvalue weighted by molar-refractivity contribution is 5.93. The van der Waals surface area contributed by atoms with E-state index in [4.69, 9.17) is 9.47 Å². The molecule has 3 N–H and O–H groups in total. The Balaban J connectivity index is 0.893. The van der Waals surface area contributed by atoms with Crippen LogP contribution < -0.4 is 11.0 Å². The molecule has 0 aliphatic carbocycles. The van der Waals surface area contributed by atoms with Crippen LogP contribution in [0.1, 0.15) is 70.4 Å². The third-order valence-corrected chi connectivity index (χ3v) is 11.3. The smallest absolute Gasteiger partial charge is 0.326 e. The average Bonchev–Trinajstić information content (AvgIpc) is 3.61. The van der Waals surface area contributed by atoms with E-state index in [1.54, 1.807) is 0 Å². The second kappa shape index (κ2) is 16.2.